The summed E-state index contributed by atoms with van der Waals surface area (Å²) in [6, 6.07) is -0.721. The SMILES string of the molecule is CC(C)(C)OC(=O)N1[C@@H](Cn2cnc(C(F)(F)F)c2)COS1=O. The van der Waals surface area contributed by atoms with Gasteiger partial charge in [0.05, 0.1) is 19.0 Å². The summed E-state index contributed by atoms with van der Waals surface area (Å²) in [4.78, 5) is 15.3. The van der Waals surface area contributed by atoms with Gasteiger partial charge in [-0.3, -0.25) is 4.18 Å². The molecule has 2 heterocycles. The van der Waals surface area contributed by atoms with Crippen LogP contribution in [0.1, 0.15) is 26.5 Å². The Morgan fingerprint density at radius 3 is 2.65 bits per heavy atom. The first kappa shape index (κ1) is 17.7. The molecule has 1 fully saturated rings. The van der Waals surface area contributed by atoms with E-state index in [9.17, 15) is 22.2 Å². The molecule has 1 unspecified atom stereocenters. The van der Waals surface area contributed by atoms with Gasteiger partial charge in [0.2, 0.25) is 0 Å². The molecule has 23 heavy (non-hydrogen) atoms. The fraction of sp³-hybridized carbons (Fsp3) is 0.667. The summed E-state index contributed by atoms with van der Waals surface area (Å²) in [7, 11) is 0. The molecule has 0 spiro atoms. The van der Waals surface area contributed by atoms with Crippen molar-refractivity contribution >= 4 is 17.4 Å². The number of ether oxygens (including phenoxy) is 1. The van der Waals surface area contributed by atoms with Gasteiger partial charge in [-0.25, -0.2) is 14.0 Å². The molecule has 0 aromatic carbocycles. The van der Waals surface area contributed by atoms with E-state index in [0.717, 1.165) is 21.4 Å². The van der Waals surface area contributed by atoms with Gasteiger partial charge in [0.25, 0.3) is 11.3 Å². The van der Waals surface area contributed by atoms with Crippen molar-refractivity contribution in [2.24, 2.45) is 0 Å². The monoisotopic (exact) mass is 355 g/mol. The topological polar surface area (TPSA) is 73.7 Å². The second-order valence-electron chi connectivity index (χ2n) is 5.92. The lowest BCUT2D eigenvalue weighted by Gasteiger charge is -2.25. The number of hydrogen-bond acceptors (Lipinski definition) is 5. The fourth-order valence-electron chi connectivity index (χ4n) is 1.88. The third kappa shape index (κ3) is 4.44. The van der Waals surface area contributed by atoms with Crippen molar-refractivity contribution in [2.45, 2.75) is 45.1 Å². The predicted octanol–water partition coefficient (Wildman–Crippen LogP) is 2.12. The molecule has 0 bridgehead atoms. The Bertz CT molecular complexity index is 611. The number of alkyl halides is 3. The number of carbonyl (C=O) groups excluding carboxylic acids is 1. The molecule has 0 N–H and O–H groups in total. The van der Waals surface area contributed by atoms with E-state index in [2.05, 4.69) is 4.98 Å². The first-order valence-corrected chi connectivity index (χ1v) is 7.67. The third-order valence-corrected chi connectivity index (χ3v) is 3.88. The summed E-state index contributed by atoms with van der Waals surface area (Å²) in [5.74, 6) is 0. The molecule has 1 aliphatic heterocycles. The normalized spacial score (nSPS) is 22.4. The summed E-state index contributed by atoms with van der Waals surface area (Å²) in [5.41, 5.74) is -1.84. The number of nitrogens with zero attached hydrogens (tertiary/aromatic N) is 3. The van der Waals surface area contributed by atoms with Gasteiger partial charge in [0.1, 0.15) is 5.60 Å². The maximum Gasteiger partial charge on any atom is 0.434 e. The van der Waals surface area contributed by atoms with Crippen LogP contribution in [-0.4, -0.2) is 42.4 Å². The Labute approximate surface area is 133 Å². The second-order valence-corrected chi connectivity index (χ2v) is 6.98. The molecule has 1 aromatic rings. The van der Waals surface area contributed by atoms with Gasteiger partial charge in [0, 0.05) is 12.7 Å². The molecule has 2 rings (SSSR count). The Morgan fingerprint density at radius 1 is 1.48 bits per heavy atom. The molecule has 7 nitrogen and oxygen atoms in total. The van der Waals surface area contributed by atoms with Crippen LogP contribution in [-0.2, 0) is 32.9 Å². The summed E-state index contributed by atoms with van der Waals surface area (Å²) in [6.07, 6.45) is -3.59. The number of amides is 1. The average molecular weight is 355 g/mol. The number of carbonyl (C=O) groups is 1. The van der Waals surface area contributed by atoms with Crippen LogP contribution in [0, 0.1) is 0 Å². The molecule has 11 heteroatoms. The average Bonchev–Trinajstić information content (AvgIpc) is 2.94. The summed E-state index contributed by atoms with van der Waals surface area (Å²) in [6.45, 7) is 4.81. The van der Waals surface area contributed by atoms with E-state index < -0.39 is 40.9 Å². The number of imidazole rings is 1. The Balaban J connectivity index is 2.10. The zero-order valence-corrected chi connectivity index (χ0v) is 13.5. The van der Waals surface area contributed by atoms with Crippen LogP contribution >= 0.6 is 0 Å². The fourth-order valence-corrected chi connectivity index (χ4v) is 2.79. The highest BCUT2D eigenvalue weighted by molar-refractivity contribution is 7.78. The lowest BCUT2D eigenvalue weighted by molar-refractivity contribution is -0.141. The van der Waals surface area contributed by atoms with Gasteiger partial charge in [-0.05, 0) is 20.8 Å². The number of hydrogen-bond donors (Lipinski definition) is 0. The van der Waals surface area contributed by atoms with E-state index in [1.54, 1.807) is 20.8 Å². The molecule has 2 atom stereocenters. The van der Waals surface area contributed by atoms with Crippen LogP contribution in [0.4, 0.5) is 18.0 Å². The Morgan fingerprint density at radius 2 is 2.13 bits per heavy atom. The molecule has 1 aromatic heterocycles. The molecule has 130 valence electrons. The van der Waals surface area contributed by atoms with E-state index in [1.165, 1.54) is 0 Å². The molecular formula is C12H16F3N3O4S. The van der Waals surface area contributed by atoms with Crippen LogP contribution < -0.4 is 0 Å². The quantitative estimate of drug-likeness (QED) is 0.812. The van der Waals surface area contributed by atoms with E-state index in [0.29, 0.717) is 0 Å². The van der Waals surface area contributed by atoms with Gasteiger partial charge in [-0.1, -0.05) is 0 Å². The van der Waals surface area contributed by atoms with Crippen LogP contribution in [0.2, 0.25) is 0 Å². The van der Waals surface area contributed by atoms with Crippen LogP contribution in [0.25, 0.3) is 0 Å². The van der Waals surface area contributed by atoms with Gasteiger partial charge in [-0.15, -0.1) is 0 Å². The molecule has 0 saturated carbocycles. The van der Waals surface area contributed by atoms with Crippen LogP contribution in [0.3, 0.4) is 0 Å². The lowest BCUT2D eigenvalue weighted by Crippen LogP contribution is -2.42. The van der Waals surface area contributed by atoms with Crippen molar-refractivity contribution in [3.8, 4) is 0 Å². The molecule has 1 aliphatic rings. The lowest BCUT2D eigenvalue weighted by atomic mass is 10.2. The summed E-state index contributed by atoms with van der Waals surface area (Å²) in [5, 5.41) is 0. The van der Waals surface area contributed by atoms with Crippen molar-refractivity contribution in [1.82, 2.24) is 13.9 Å². The standard InChI is InChI=1S/C12H16F3N3O4S/c1-11(2,3)22-10(19)18-8(6-21-23(18)20)4-17-5-9(16-7-17)12(13,14)15/h5,7-8H,4,6H2,1-3H3/t8-,23?/m0/s1. The van der Waals surface area contributed by atoms with Gasteiger partial charge < -0.3 is 9.30 Å². The summed E-state index contributed by atoms with van der Waals surface area (Å²) < 4.78 is 61.4. The van der Waals surface area contributed by atoms with Gasteiger partial charge in [-0.2, -0.15) is 17.5 Å². The predicted molar refractivity (Wildman–Crippen MR) is 73.2 cm³/mol. The number of halogens is 3. The number of rotatable bonds is 2. The summed E-state index contributed by atoms with van der Waals surface area (Å²) >= 11 is -2.04. The minimum absolute atomic E-state index is 0.0476. The van der Waals surface area contributed by atoms with Crippen molar-refractivity contribution in [2.75, 3.05) is 6.61 Å². The Kier molecular flexibility index (Phi) is 4.71. The zero-order chi connectivity index (χ0) is 17.4. The Hall–Kier alpha value is -1.62. The van der Waals surface area contributed by atoms with Crippen molar-refractivity contribution < 1.29 is 31.1 Å². The maximum absolute atomic E-state index is 12.5. The highest BCUT2D eigenvalue weighted by atomic mass is 32.2. The first-order valence-electron chi connectivity index (χ1n) is 6.64. The second kappa shape index (κ2) is 6.11. The molecule has 0 radical (unpaired) electrons. The highest BCUT2D eigenvalue weighted by Crippen LogP contribution is 2.28. The maximum atomic E-state index is 12.5. The van der Waals surface area contributed by atoms with E-state index in [1.807, 2.05) is 0 Å². The third-order valence-electron chi connectivity index (χ3n) is 2.77. The molecular weight excluding hydrogens is 339 g/mol. The minimum Gasteiger partial charge on any atom is -0.443 e. The molecule has 1 amide bonds. The number of aromatic nitrogens is 2. The van der Waals surface area contributed by atoms with Crippen molar-refractivity contribution in [3.05, 3.63) is 18.2 Å². The van der Waals surface area contributed by atoms with Crippen molar-refractivity contribution in [1.29, 1.82) is 0 Å². The van der Waals surface area contributed by atoms with E-state index in [4.69, 9.17) is 8.92 Å². The minimum atomic E-state index is -4.55. The van der Waals surface area contributed by atoms with Crippen molar-refractivity contribution in [3.63, 3.8) is 0 Å². The molecule has 0 aliphatic carbocycles. The largest absolute Gasteiger partial charge is 0.443 e. The van der Waals surface area contributed by atoms with E-state index in [-0.39, 0.29) is 13.2 Å². The zero-order valence-electron chi connectivity index (χ0n) is 12.7. The first-order chi connectivity index (χ1) is 10.5. The molecule has 1 saturated heterocycles. The van der Waals surface area contributed by atoms with Crippen LogP contribution in [0.15, 0.2) is 12.5 Å². The van der Waals surface area contributed by atoms with Gasteiger partial charge >= 0.3 is 12.3 Å². The smallest absolute Gasteiger partial charge is 0.434 e. The van der Waals surface area contributed by atoms with Gasteiger partial charge in [0.15, 0.2) is 5.69 Å². The highest BCUT2D eigenvalue weighted by Gasteiger charge is 2.40. The van der Waals surface area contributed by atoms with E-state index >= 15 is 0 Å². The van der Waals surface area contributed by atoms with Crippen LogP contribution in [0.5, 0.6) is 0 Å².